The van der Waals surface area contributed by atoms with Gasteiger partial charge in [0, 0.05) is 6.42 Å². The van der Waals surface area contributed by atoms with Crippen LogP contribution in [0.4, 0.5) is 0 Å². The third-order valence-corrected chi connectivity index (χ3v) is 3.29. The minimum Gasteiger partial charge on any atom is -0.480 e. The van der Waals surface area contributed by atoms with Crippen LogP contribution < -0.4 is 21.7 Å². The predicted molar refractivity (Wildman–Crippen MR) is 89.4 cm³/mol. The molecule has 0 fully saturated rings. The molecule has 6 N–H and O–H groups in total. The van der Waals surface area contributed by atoms with Crippen molar-refractivity contribution < 1.29 is 24.3 Å². The largest absolute Gasteiger partial charge is 0.480 e. The lowest BCUT2D eigenvalue weighted by Gasteiger charge is -2.21. The van der Waals surface area contributed by atoms with Crippen molar-refractivity contribution in [2.75, 3.05) is 13.1 Å². The molecule has 1 aromatic carbocycles. The van der Waals surface area contributed by atoms with Crippen LogP contribution in [0.5, 0.6) is 0 Å². The van der Waals surface area contributed by atoms with Gasteiger partial charge in [0.2, 0.25) is 17.7 Å². The van der Waals surface area contributed by atoms with Crippen LogP contribution in [0.3, 0.4) is 0 Å². The zero-order valence-electron chi connectivity index (χ0n) is 13.8. The fourth-order valence-corrected chi connectivity index (χ4v) is 2.01. The Morgan fingerprint density at radius 2 is 1.72 bits per heavy atom. The summed E-state index contributed by atoms with van der Waals surface area (Å²) in [5.41, 5.74) is 6.09. The van der Waals surface area contributed by atoms with Crippen molar-refractivity contribution >= 4 is 23.7 Å². The molecule has 0 aromatic heterocycles. The summed E-state index contributed by atoms with van der Waals surface area (Å²) in [6.45, 7) is 0.600. The molecule has 0 saturated heterocycles. The number of benzene rings is 1. The van der Waals surface area contributed by atoms with E-state index in [0.29, 0.717) is 0 Å². The van der Waals surface area contributed by atoms with Gasteiger partial charge in [0.1, 0.15) is 18.6 Å². The summed E-state index contributed by atoms with van der Waals surface area (Å²) in [4.78, 5) is 46.1. The molecule has 0 unspecified atom stereocenters. The quantitative estimate of drug-likeness (QED) is 0.361. The van der Waals surface area contributed by atoms with Gasteiger partial charge in [-0.3, -0.25) is 19.2 Å². The van der Waals surface area contributed by atoms with Crippen molar-refractivity contribution in [2.45, 2.75) is 25.4 Å². The molecular weight excluding hydrogens is 328 g/mol. The number of carboxylic acids is 1. The molecule has 2 atom stereocenters. The van der Waals surface area contributed by atoms with E-state index in [1.807, 2.05) is 6.07 Å². The minimum atomic E-state index is -1.19. The van der Waals surface area contributed by atoms with Crippen LogP contribution >= 0.6 is 0 Å². The van der Waals surface area contributed by atoms with E-state index in [4.69, 9.17) is 10.8 Å². The van der Waals surface area contributed by atoms with Crippen molar-refractivity contribution in [2.24, 2.45) is 5.73 Å². The third-order valence-electron chi connectivity index (χ3n) is 3.29. The fraction of sp³-hybridized carbons (Fsp3) is 0.375. The first-order chi connectivity index (χ1) is 11.8. The zero-order valence-corrected chi connectivity index (χ0v) is 13.8. The second-order valence-electron chi connectivity index (χ2n) is 5.36. The summed E-state index contributed by atoms with van der Waals surface area (Å²) in [5.74, 6) is -2.90. The molecule has 0 heterocycles. The maximum Gasteiger partial charge on any atom is 0.322 e. The van der Waals surface area contributed by atoms with Crippen molar-refractivity contribution in [3.05, 3.63) is 35.9 Å². The van der Waals surface area contributed by atoms with Crippen molar-refractivity contribution in [1.82, 2.24) is 16.0 Å². The summed E-state index contributed by atoms with van der Waals surface area (Å²) in [5, 5.41) is 15.7. The van der Waals surface area contributed by atoms with E-state index in [0.717, 1.165) is 5.56 Å². The summed E-state index contributed by atoms with van der Waals surface area (Å²) in [7, 11) is 0. The maximum absolute atomic E-state index is 12.4. The van der Waals surface area contributed by atoms with Gasteiger partial charge in [0.05, 0.1) is 6.54 Å². The van der Waals surface area contributed by atoms with E-state index in [9.17, 15) is 19.2 Å². The van der Waals surface area contributed by atoms with Crippen LogP contribution in [0.15, 0.2) is 30.3 Å². The Hall–Kier alpha value is -2.94. The highest BCUT2D eigenvalue weighted by molar-refractivity contribution is 5.93. The van der Waals surface area contributed by atoms with Crippen molar-refractivity contribution in [3.8, 4) is 0 Å². The Balaban J connectivity index is 2.72. The highest BCUT2D eigenvalue weighted by Gasteiger charge is 2.24. The number of hydrogen-bond donors (Lipinski definition) is 5. The Kier molecular flexibility index (Phi) is 8.07. The van der Waals surface area contributed by atoms with Gasteiger partial charge in [0.25, 0.3) is 0 Å². The van der Waals surface area contributed by atoms with E-state index >= 15 is 0 Å². The first-order valence-corrected chi connectivity index (χ1v) is 7.66. The average Bonchev–Trinajstić information content (AvgIpc) is 2.59. The van der Waals surface area contributed by atoms with E-state index in [2.05, 4.69) is 16.0 Å². The average molecular weight is 350 g/mol. The molecule has 0 aliphatic carbocycles. The number of carbonyl (C=O) groups is 4. The highest BCUT2D eigenvalue weighted by Crippen LogP contribution is 2.04. The van der Waals surface area contributed by atoms with Gasteiger partial charge in [-0.1, -0.05) is 30.3 Å². The summed E-state index contributed by atoms with van der Waals surface area (Å²) >= 11 is 0. The van der Waals surface area contributed by atoms with Gasteiger partial charge >= 0.3 is 5.97 Å². The van der Waals surface area contributed by atoms with Gasteiger partial charge in [-0.05, 0) is 12.5 Å². The lowest BCUT2D eigenvalue weighted by molar-refractivity contribution is -0.138. The lowest BCUT2D eigenvalue weighted by Crippen LogP contribution is -2.54. The SMILES string of the molecule is C[C@H](NC(=O)[C@H](Cc1ccccc1)NC(=O)CN)C(=O)NCC(=O)O. The Morgan fingerprint density at radius 1 is 1.08 bits per heavy atom. The molecule has 1 rings (SSSR count). The molecule has 0 bridgehead atoms. The molecule has 9 nitrogen and oxygen atoms in total. The van der Waals surface area contributed by atoms with Crippen LogP contribution in [-0.2, 0) is 25.6 Å². The van der Waals surface area contributed by atoms with E-state index in [1.165, 1.54) is 6.92 Å². The van der Waals surface area contributed by atoms with Gasteiger partial charge in [-0.25, -0.2) is 0 Å². The van der Waals surface area contributed by atoms with Crippen LogP contribution in [0.2, 0.25) is 0 Å². The molecule has 0 aliphatic heterocycles. The molecule has 0 aliphatic rings. The summed E-state index contributed by atoms with van der Waals surface area (Å²) < 4.78 is 0. The normalized spacial score (nSPS) is 12.6. The first-order valence-electron chi connectivity index (χ1n) is 7.66. The molecule has 0 radical (unpaired) electrons. The van der Waals surface area contributed by atoms with E-state index < -0.39 is 42.3 Å². The van der Waals surface area contributed by atoms with Gasteiger partial charge in [-0.15, -0.1) is 0 Å². The number of aliphatic carboxylic acids is 1. The molecule has 136 valence electrons. The number of carboxylic acid groups (broad SMARTS) is 1. The summed E-state index contributed by atoms with van der Waals surface area (Å²) in [6.07, 6.45) is 0.224. The predicted octanol–water partition coefficient (Wildman–Crippen LogP) is -1.62. The van der Waals surface area contributed by atoms with E-state index in [-0.39, 0.29) is 13.0 Å². The van der Waals surface area contributed by atoms with Gasteiger partial charge < -0.3 is 26.8 Å². The van der Waals surface area contributed by atoms with E-state index in [1.54, 1.807) is 24.3 Å². The number of nitrogens with one attached hydrogen (secondary N) is 3. The third kappa shape index (κ3) is 7.44. The minimum absolute atomic E-state index is 0.224. The van der Waals surface area contributed by atoms with Gasteiger partial charge in [-0.2, -0.15) is 0 Å². The molecule has 0 spiro atoms. The topological polar surface area (TPSA) is 151 Å². The van der Waals surface area contributed by atoms with Crippen LogP contribution in [-0.4, -0.2) is 54.0 Å². The summed E-state index contributed by atoms with van der Waals surface area (Å²) in [6, 6.07) is 7.17. The molecule has 0 saturated carbocycles. The lowest BCUT2D eigenvalue weighted by atomic mass is 10.0. The van der Waals surface area contributed by atoms with Crippen LogP contribution in [0, 0.1) is 0 Å². The second kappa shape index (κ2) is 10.0. The monoisotopic (exact) mass is 350 g/mol. The van der Waals surface area contributed by atoms with Crippen molar-refractivity contribution in [1.29, 1.82) is 0 Å². The van der Waals surface area contributed by atoms with Crippen LogP contribution in [0.1, 0.15) is 12.5 Å². The fourth-order valence-electron chi connectivity index (χ4n) is 2.01. The highest BCUT2D eigenvalue weighted by atomic mass is 16.4. The Bertz CT molecular complexity index is 620. The standard InChI is InChI=1S/C16H22N4O5/c1-10(15(24)18-9-14(22)23)19-16(25)12(20-13(21)8-17)7-11-5-3-2-4-6-11/h2-6,10,12H,7-9,17H2,1H3,(H,18,24)(H,19,25)(H,20,21)(H,22,23)/t10-,12-/m0/s1. The Labute approximate surface area is 145 Å². The number of carbonyl (C=O) groups excluding carboxylic acids is 3. The molecule has 25 heavy (non-hydrogen) atoms. The van der Waals surface area contributed by atoms with Crippen LogP contribution in [0.25, 0.3) is 0 Å². The molecule has 3 amide bonds. The zero-order chi connectivity index (χ0) is 18.8. The molecular formula is C16H22N4O5. The maximum atomic E-state index is 12.4. The molecule has 1 aromatic rings. The number of amides is 3. The number of rotatable bonds is 9. The second-order valence-corrected chi connectivity index (χ2v) is 5.36. The van der Waals surface area contributed by atoms with Crippen molar-refractivity contribution in [3.63, 3.8) is 0 Å². The molecule has 9 heteroatoms. The number of nitrogens with two attached hydrogens (primary N) is 1. The first kappa shape index (κ1) is 20.1. The Morgan fingerprint density at radius 3 is 2.28 bits per heavy atom. The van der Waals surface area contributed by atoms with Gasteiger partial charge in [0.15, 0.2) is 0 Å². The smallest absolute Gasteiger partial charge is 0.322 e. The number of hydrogen-bond acceptors (Lipinski definition) is 5.